The highest BCUT2D eigenvalue weighted by Gasteiger charge is 2.21. The summed E-state index contributed by atoms with van der Waals surface area (Å²) >= 11 is 1.07. The van der Waals surface area contributed by atoms with Gasteiger partial charge in [-0.2, -0.15) is 0 Å². The lowest BCUT2D eigenvalue weighted by Gasteiger charge is -2.08. The fourth-order valence-corrected chi connectivity index (χ4v) is 3.66. The van der Waals surface area contributed by atoms with E-state index in [1.165, 1.54) is 29.2 Å². The molecule has 0 aliphatic heterocycles. The molecule has 0 fully saturated rings. The quantitative estimate of drug-likeness (QED) is 0.769. The zero-order valence-corrected chi connectivity index (χ0v) is 14.0. The molecule has 0 radical (unpaired) electrons. The third-order valence-electron chi connectivity index (χ3n) is 3.67. The Bertz CT molecular complexity index is 1060. The first-order chi connectivity index (χ1) is 11.3. The van der Waals surface area contributed by atoms with Gasteiger partial charge in [-0.3, -0.25) is 14.6 Å². The minimum absolute atomic E-state index is 0.234. The standard InChI is InChI=1S/C16H14FN3O3S/c1-8-11-13(24-12(8)15(22)19(2)3)18-16(23)20(14(11)21)10-6-4-9(17)5-7-10/h4-7H,1-3H3,(H,18,23). The first-order valence-electron chi connectivity index (χ1n) is 7.07. The van der Waals surface area contributed by atoms with Gasteiger partial charge in [-0.1, -0.05) is 0 Å². The van der Waals surface area contributed by atoms with Crippen LogP contribution in [0.15, 0.2) is 33.9 Å². The van der Waals surface area contributed by atoms with Gasteiger partial charge in [0.1, 0.15) is 10.6 Å². The number of thiophene rings is 1. The van der Waals surface area contributed by atoms with Crippen molar-refractivity contribution in [3.63, 3.8) is 0 Å². The van der Waals surface area contributed by atoms with Crippen molar-refractivity contribution in [1.29, 1.82) is 0 Å². The molecule has 0 atom stereocenters. The van der Waals surface area contributed by atoms with E-state index in [1.54, 1.807) is 21.0 Å². The van der Waals surface area contributed by atoms with Crippen molar-refractivity contribution < 1.29 is 9.18 Å². The number of aryl methyl sites for hydroxylation is 1. The van der Waals surface area contributed by atoms with E-state index in [0.29, 0.717) is 15.3 Å². The molecule has 1 amide bonds. The van der Waals surface area contributed by atoms with Gasteiger partial charge in [0.05, 0.1) is 16.0 Å². The number of carbonyl (C=O) groups is 1. The number of amides is 1. The van der Waals surface area contributed by atoms with Crippen LogP contribution >= 0.6 is 11.3 Å². The Morgan fingerprint density at radius 2 is 1.83 bits per heavy atom. The largest absolute Gasteiger partial charge is 0.344 e. The molecular formula is C16H14FN3O3S. The van der Waals surface area contributed by atoms with Gasteiger partial charge in [-0.25, -0.2) is 13.8 Å². The molecule has 0 bridgehead atoms. The lowest BCUT2D eigenvalue weighted by Crippen LogP contribution is -2.33. The molecule has 2 aromatic heterocycles. The smallest absolute Gasteiger partial charge is 0.334 e. The molecule has 24 heavy (non-hydrogen) atoms. The summed E-state index contributed by atoms with van der Waals surface area (Å²) in [6, 6.07) is 5.05. The van der Waals surface area contributed by atoms with E-state index < -0.39 is 17.1 Å². The van der Waals surface area contributed by atoms with Crippen LogP contribution in [0.1, 0.15) is 15.2 Å². The monoisotopic (exact) mass is 347 g/mol. The summed E-state index contributed by atoms with van der Waals surface area (Å²) in [6.45, 7) is 1.67. The number of hydrogen-bond donors (Lipinski definition) is 1. The number of aromatic nitrogens is 2. The van der Waals surface area contributed by atoms with Crippen molar-refractivity contribution >= 4 is 27.5 Å². The van der Waals surface area contributed by atoms with Gasteiger partial charge >= 0.3 is 5.69 Å². The second kappa shape index (κ2) is 5.72. The number of fused-ring (bicyclic) bond motifs is 1. The van der Waals surface area contributed by atoms with Crippen molar-refractivity contribution in [1.82, 2.24) is 14.5 Å². The number of aromatic amines is 1. The van der Waals surface area contributed by atoms with Crippen LogP contribution in [0.2, 0.25) is 0 Å². The van der Waals surface area contributed by atoms with Crippen LogP contribution in [0.4, 0.5) is 4.39 Å². The zero-order chi connectivity index (χ0) is 17.6. The van der Waals surface area contributed by atoms with Gasteiger partial charge in [-0.05, 0) is 36.8 Å². The maximum absolute atomic E-state index is 13.1. The van der Waals surface area contributed by atoms with Gasteiger partial charge in [0.15, 0.2) is 0 Å². The molecule has 0 saturated carbocycles. The van der Waals surface area contributed by atoms with Gasteiger partial charge in [0, 0.05) is 14.1 Å². The van der Waals surface area contributed by atoms with Crippen LogP contribution in [0.3, 0.4) is 0 Å². The summed E-state index contributed by atoms with van der Waals surface area (Å²) in [5.74, 6) is -0.697. The number of nitrogens with zero attached hydrogens (tertiary/aromatic N) is 2. The first kappa shape index (κ1) is 16.1. The molecule has 0 aliphatic rings. The summed E-state index contributed by atoms with van der Waals surface area (Å²) in [5, 5.41) is 0.286. The minimum atomic E-state index is -0.635. The lowest BCUT2D eigenvalue weighted by atomic mass is 10.2. The van der Waals surface area contributed by atoms with Crippen molar-refractivity contribution in [3.8, 4) is 5.69 Å². The number of carbonyl (C=O) groups excluding carboxylic acids is 1. The van der Waals surface area contributed by atoms with E-state index in [2.05, 4.69) is 4.98 Å². The van der Waals surface area contributed by atoms with Crippen LogP contribution < -0.4 is 11.2 Å². The molecular weight excluding hydrogens is 333 g/mol. The van der Waals surface area contributed by atoms with E-state index in [0.717, 1.165) is 15.9 Å². The minimum Gasteiger partial charge on any atom is -0.344 e. The Morgan fingerprint density at radius 1 is 1.21 bits per heavy atom. The van der Waals surface area contributed by atoms with E-state index in [4.69, 9.17) is 0 Å². The van der Waals surface area contributed by atoms with Crippen molar-refractivity contribution in [2.75, 3.05) is 14.1 Å². The van der Waals surface area contributed by atoms with E-state index in [9.17, 15) is 18.8 Å². The number of halogens is 1. The maximum atomic E-state index is 13.1. The number of benzene rings is 1. The lowest BCUT2D eigenvalue weighted by molar-refractivity contribution is 0.0831. The predicted molar refractivity (Wildman–Crippen MR) is 90.8 cm³/mol. The Labute approximate surface area is 139 Å². The average molecular weight is 347 g/mol. The third kappa shape index (κ3) is 2.44. The van der Waals surface area contributed by atoms with Crippen molar-refractivity contribution in [3.05, 3.63) is 61.4 Å². The Hall–Kier alpha value is -2.74. The predicted octanol–water partition coefficient (Wildman–Crippen LogP) is 1.89. The first-order valence-corrected chi connectivity index (χ1v) is 7.89. The molecule has 0 unspecified atom stereocenters. The molecule has 0 aliphatic carbocycles. The van der Waals surface area contributed by atoms with Gasteiger partial charge in [0.25, 0.3) is 11.5 Å². The van der Waals surface area contributed by atoms with Gasteiger partial charge < -0.3 is 4.90 Å². The SMILES string of the molecule is Cc1c(C(=O)N(C)C)sc2[nH]c(=O)n(-c3ccc(F)cc3)c(=O)c12. The second-order valence-electron chi connectivity index (χ2n) is 5.51. The third-order valence-corrected chi connectivity index (χ3v) is 4.87. The Balaban J connectivity index is 2.33. The molecule has 3 aromatic rings. The van der Waals surface area contributed by atoms with Crippen LogP contribution in [0.25, 0.3) is 15.9 Å². The van der Waals surface area contributed by atoms with Gasteiger partial charge in [-0.15, -0.1) is 11.3 Å². The zero-order valence-electron chi connectivity index (χ0n) is 13.2. The highest BCUT2D eigenvalue weighted by Crippen LogP contribution is 2.27. The molecule has 2 heterocycles. The van der Waals surface area contributed by atoms with E-state index >= 15 is 0 Å². The highest BCUT2D eigenvalue weighted by molar-refractivity contribution is 7.20. The molecule has 124 valence electrons. The Kier molecular flexibility index (Phi) is 3.84. The van der Waals surface area contributed by atoms with Crippen LogP contribution in [-0.4, -0.2) is 34.5 Å². The maximum Gasteiger partial charge on any atom is 0.334 e. The van der Waals surface area contributed by atoms with Crippen LogP contribution in [0, 0.1) is 12.7 Å². The molecule has 0 spiro atoms. The summed E-state index contributed by atoms with van der Waals surface area (Å²) in [5.41, 5.74) is -0.391. The summed E-state index contributed by atoms with van der Waals surface area (Å²) in [4.78, 5) is 42.1. The highest BCUT2D eigenvalue weighted by atomic mass is 32.1. The van der Waals surface area contributed by atoms with E-state index in [-0.39, 0.29) is 17.0 Å². The van der Waals surface area contributed by atoms with Crippen LogP contribution in [0.5, 0.6) is 0 Å². The average Bonchev–Trinajstić information content (AvgIpc) is 2.85. The number of nitrogens with one attached hydrogen (secondary N) is 1. The van der Waals surface area contributed by atoms with Crippen molar-refractivity contribution in [2.24, 2.45) is 0 Å². The molecule has 6 nitrogen and oxygen atoms in total. The summed E-state index contributed by atoms with van der Waals surface area (Å²) in [6.07, 6.45) is 0. The topological polar surface area (TPSA) is 75.2 Å². The molecule has 0 saturated heterocycles. The molecule has 8 heteroatoms. The fourth-order valence-electron chi connectivity index (χ4n) is 2.45. The summed E-state index contributed by atoms with van der Waals surface area (Å²) < 4.78 is 14.0. The number of hydrogen-bond acceptors (Lipinski definition) is 4. The second-order valence-corrected chi connectivity index (χ2v) is 6.53. The van der Waals surface area contributed by atoms with Crippen LogP contribution in [-0.2, 0) is 0 Å². The Morgan fingerprint density at radius 3 is 2.42 bits per heavy atom. The number of H-pyrrole nitrogens is 1. The molecule has 1 aromatic carbocycles. The molecule has 1 N–H and O–H groups in total. The fraction of sp³-hybridized carbons (Fsp3) is 0.188. The molecule has 3 rings (SSSR count). The van der Waals surface area contributed by atoms with Crippen molar-refractivity contribution in [2.45, 2.75) is 6.92 Å². The summed E-state index contributed by atoms with van der Waals surface area (Å²) in [7, 11) is 3.23. The number of rotatable bonds is 2. The van der Waals surface area contributed by atoms with Gasteiger partial charge in [0.2, 0.25) is 0 Å². The van der Waals surface area contributed by atoms with E-state index in [1.807, 2.05) is 0 Å². The normalized spacial score (nSPS) is 11.0.